The van der Waals surface area contributed by atoms with Crippen molar-refractivity contribution in [3.05, 3.63) is 23.9 Å². The predicted molar refractivity (Wildman–Crippen MR) is 61.3 cm³/mol. The number of aromatic nitrogens is 1. The molecule has 86 valence electrons. The monoisotopic (exact) mass is 239 g/mol. The third kappa shape index (κ3) is 3.87. The molecule has 0 aliphatic carbocycles. The molecule has 0 saturated heterocycles. The van der Waals surface area contributed by atoms with Crippen LogP contribution in [-0.2, 0) is 10.0 Å². The lowest BCUT2D eigenvalue weighted by atomic mass is 10.3. The van der Waals surface area contributed by atoms with Crippen LogP contribution < -0.4 is 4.72 Å². The van der Waals surface area contributed by atoms with E-state index in [9.17, 15) is 8.42 Å². The molecule has 1 heterocycles. The Morgan fingerprint density at radius 2 is 2.25 bits per heavy atom. The number of hydrogen-bond acceptors (Lipinski definition) is 4. The maximum atomic E-state index is 11.5. The average Bonchev–Trinajstić information content (AvgIpc) is 2.27. The van der Waals surface area contributed by atoms with E-state index < -0.39 is 10.0 Å². The number of sulfonamides is 1. The van der Waals surface area contributed by atoms with Crippen LogP contribution in [0, 0.1) is 11.3 Å². The molecular weight excluding hydrogens is 226 g/mol. The van der Waals surface area contributed by atoms with Gasteiger partial charge >= 0.3 is 0 Å². The van der Waals surface area contributed by atoms with E-state index in [1.807, 2.05) is 13.0 Å². The van der Waals surface area contributed by atoms with Gasteiger partial charge in [0.2, 0.25) is 10.0 Å². The first kappa shape index (κ1) is 12.5. The van der Waals surface area contributed by atoms with Crippen LogP contribution >= 0.6 is 0 Å². The summed E-state index contributed by atoms with van der Waals surface area (Å²) in [7, 11) is -3.31. The van der Waals surface area contributed by atoms with Crippen LogP contribution in [0.2, 0.25) is 0 Å². The highest BCUT2D eigenvalue weighted by atomic mass is 32.2. The van der Waals surface area contributed by atoms with Crippen LogP contribution in [0.3, 0.4) is 0 Å². The van der Waals surface area contributed by atoms with Gasteiger partial charge in [0, 0.05) is 6.20 Å². The van der Waals surface area contributed by atoms with Gasteiger partial charge in [0.1, 0.15) is 11.9 Å². The molecule has 1 aromatic rings. The molecule has 0 aliphatic heterocycles. The van der Waals surface area contributed by atoms with E-state index >= 15 is 0 Å². The Balaban J connectivity index is 2.70. The van der Waals surface area contributed by atoms with Gasteiger partial charge < -0.3 is 0 Å². The fourth-order valence-corrected chi connectivity index (χ4v) is 2.28. The van der Waals surface area contributed by atoms with E-state index in [1.165, 1.54) is 18.3 Å². The molecule has 1 N–H and O–H groups in total. The standard InChI is InChI=1S/C10H13N3O2S/c1-2-3-6-16(14,15)13-10-5-4-9(7-11)8-12-10/h4-5,8H,2-3,6H2,1H3,(H,12,13). The van der Waals surface area contributed by atoms with Gasteiger partial charge in [-0.25, -0.2) is 13.4 Å². The third-order valence-corrected chi connectivity index (χ3v) is 3.27. The summed E-state index contributed by atoms with van der Waals surface area (Å²) in [5, 5.41) is 8.55. The fourth-order valence-electron chi connectivity index (χ4n) is 1.07. The molecule has 0 atom stereocenters. The molecule has 0 spiro atoms. The van der Waals surface area contributed by atoms with Crippen molar-refractivity contribution in [2.24, 2.45) is 0 Å². The van der Waals surface area contributed by atoms with E-state index in [2.05, 4.69) is 9.71 Å². The van der Waals surface area contributed by atoms with E-state index in [-0.39, 0.29) is 11.6 Å². The van der Waals surface area contributed by atoms with Crippen molar-refractivity contribution in [2.45, 2.75) is 19.8 Å². The van der Waals surface area contributed by atoms with Gasteiger partial charge in [0.15, 0.2) is 0 Å². The minimum Gasteiger partial charge on any atom is -0.267 e. The summed E-state index contributed by atoms with van der Waals surface area (Å²) >= 11 is 0. The third-order valence-electron chi connectivity index (χ3n) is 1.92. The SMILES string of the molecule is CCCCS(=O)(=O)Nc1ccc(C#N)cn1. The van der Waals surface area contributed by atoms with Gasteiger partial charge in [-0.1, -0.05) is 13.3 Å². The van der Waals surface area contributed by atoms with Crippen molar-refractivity contribution >= 4 is 15.8 Å². The second-order valence-corrected chi connectivity index (χ2v) is 5.16. The molecule has 16 heavy (non-hydrogen) atoms. The summed E-state index contributed by atoms with van der Waals surface area (Å²) in [6.07, 6.45) is 2.77. The van der Waals surface area contributed by atoms with Crippen molar-refractivity contribution in [3.8, 4) is 6.07 Å². The van der Waals surface area contributed by atoms with Crippen LogP contribution in [-0.4, -0.2) is 19.2 Å². The first-order valence-electron chi connectivity index (χ1n) is 4.94. The second kappa shape index (κ2) is 5.47. The zero-order valence-electron chi connectivity index (χ0n) is 8.97. The summed E-state index contributed by atoms with van der Waals surface area (Å²) in [6.45, 7) is 1.93. The first-order chi connectivity index (χ1) is 7.57. The molecular formula is C10H13N3O2S. The lowest BCUT2D eigenvalue weighted by Gasteiger charge is -2.05. The molecule has 0 bridgehead atoms. The summed E-state index contributed by atoms with van der Waals surface area (Å²) in [5.74, 6) is 0.334. The fraction of sp³-hybridized carbons (Fsp3) is 0.400. The van der Waals surface area contributed by atoms with Gasteiger partial charge in [-0.3, -0.25) is 4.72 Å². The minimum atomic E-state index is -3.31. The van der Waals surface area contributed by atoms with E-state index in [4.69, 9.17) is 5.26 Å². The highest BCUT2D eigenvalue weighted by Gasteiger charge is 2.09. The largest absolute Gasteiger partial charge is 0.267 e. The number of nitriles is 1. The van der Waals surface area contributed by atoms with Crippen molar-refractivity contribution in [1.82, 2.24) is 4.98 Å². The average molecular weight is 239 g/mol. The Bertz CT molecular complexity index is 474. The Morgan fingerprint density at radius 3 is 2.75 bits per heavy atom. The Labute approximate surface area is 95.2 Å². The van der Waals surface area contributed by atoms with Gasteiger partial charge in [0.25, 0.3) is 0 Å². The van der Waals surface area contributed by atoms with Crippen LogP contribution in [0.15, 0.2) is 18.3 Å². The number of anilines is 1. The number of rotatable bonds is 5. The van der Waals surface area contributed by atoms with Crippen LogP contribution in [0.5, 0.6) is 0 Å². The quantitative estimate of drug-likeness (QED) is 0.843. The highest BCUT2D eigenvalue weighted by Crippen LogP contribution is 2.07. The zero-order chi connectivity index (χ0) is 12.0. The van der Waals surface area contributed by atoms with E-state index in [0.717, 1.165) is 6.42 Å². The number of hydrogen-bond donors (Lipinski definition) is 1. The molecule has 0 aromatic carbocycles. The predicted octanol–water partition coefficient (Wildman–Crippen LogP) is 1.50. The minimum absolute atomic E-state index is 0.0885. The summed E-state index contributed by atoms with van der Waals surface area (Å²) in [6, 6.07) is 4.90. The molecule has 1 aromatic heterocycles. The maximum Gasteiger partial charge on any atom is 0.233 e. The number of nitrogens with zero attached hydrogens (tertiary/aromatic N) is 2. The second-order valence-electron chi connectivity index (χ2n) is 3.32. The van der Waals surface area contributed by atoms with Crippen LogP contribution in [0.25, 0.3) is 0 Å². The van der Waals surface area contributed by atoms with Crippen LogP contribution in [0.4, 0.5) is 5.82 Å². The van der Waals surface area contributed by atoms with Crippen molar-refractivity contribution in [1.29, 1.82) is 5.26 Å². The highest BCUT2D eigenvalue weighted by molar-refractivity contribution is 7.92. The molecule has 1 rings (SSSR count). The number of unbranched alkanes of at least 4 members (excludes halogenated alkanes) is 1. The molecule has 0 radical (unpaired) electrons. The van der Waals surface area contributed by atoms with Crippen LogP contribution in [0.1, 0.15) is 25.3 Å². The summed E-state index contributed by atoms with van der Waals surface area (Å²) in [5.41, 5.74) is 0.400. The number of nitrogens with one attached hydrogen (secondary N) is 1. The summed E-state index contributed by atoms with van der Waals surface area (Å²) in [4.78, 5) is 3.83. The van der Waals surface area contributed by atoms with Gasteiger partial charge in [-0.15, -0.1) is 0 Å². The molecule has 5 nitrogen and oxygen atoms in total. The maximum absolute atomic E-state index is 11.5. The molecule has 0 fully saturated rings. The van der Waals surface area contributed by atoms with Crippen molar-refractivity contribution < 1.29 is 8.42 Å². The van der Waals surface area contributed by atoms with E-state index in [0.29, 0.717) is 12.0 Å². The van der Waals surface area contributed by atoms with E-state index in [1.54, 1.807) is 0 Å². The molecule has 0 amide bonds. The first-order valence-corrected chi connectivity index (χ1v) is 6.59. The number of pyridine rings is 1. The zero-order valence-corrected chi connectivity index (χ0v) is 9.79. The van der Waals surface area contributed by atoms with Gasteiger partial charge in [-0.05, 0) is 18.6 Å². The molecule has 0 aliphatic rings. The Kier molecular flexibility index (Phi) is 4.26. The molecule has 0 saturated carbocycles. The van der Waals surface area contributed by atoms with Crippen molar-refractivity contribution in [3.63, 3.8) is 0 Å². The topological polar surface area (TPSA) is 82.9 Å². The smallest absolute Gasteiger partial charge is 0.233 e. The normalized spacial score (nSPS) is 10.8. The van der Waals surface area contributed by atoms with Gasteiger partial charge in [0.05, 0.1) is 11.3 Å². The lowest BCUT2D eigenvalue weighted by molar-refractivity contribution is 0.597. The Morgan fingerprint density at radius 1 is 1.50 bits per heavy atom. The Hall–Kier alpha value is -1.61. The molecule has 6 heteroatoms. The summed E-state index contributed by atoms with van der Waals surface area (Å²) < 4.78 is 25.4. The van der Waals surface area contributed by atoms with Crippen molar-refractivity contribution in [2.75, 3.05) is 10.5 Å². The van der Waals surface area contributed by atoms with Gasteiger partial charge in [-0.2, -0.15) is 5.26 Å². The molecule has 0 unspecified atom stereocenters. The lowest BCUT2D eigenvalue weighted by Crippen LogP contribution is -2.17.